The van der Waals surface area contributed by atoms with E-state index in [1.807, 2.05) is 31.2 Å². The fourth-order valence-electron chi connectivity index (χ4n) is 1.66. The summed E-state index contributed by atoms with van der Waals surface area (Å²) in [5.74, 6) is 1.03. The van der Waals surface area contributed by atoms with Crippen LogP contribution in [0.3, 0.4) is 0 Å². The van der Waals surface area contributed by atoms with Gasteiger partial charge in [-0.1, -0.05) is 12.1 Å². The minimum atomic E-state index is 0.0904. The highest BCUT2D eigenvalue weighted by molar-refractivity contribution is 6.28. The quantitative estimate of drug-likeness (QED) is 0.848. The second-order valence-corrected chi connectivity index (χ2v) is 4.57. The summed E-state index contributed by atoms with van der Waals surface area (Å²) in [6.07, 6.45) is 0.860. The monoisotopic (exact) mass is 308 g/mol. The van der Waals surface area contributed by atoms with Crippen molar-refractivity contribution in [1.29, 1.82) is 0 Å². The molecule has 0 atom stereocenters. The first kappa shape index (κ1) is 15.5. The second-order valence-electron chi connectivity index (χ2n) is 4.23. The average Bonchev–Trinajstić information content (AvgIpc) is 2.46. The first-order chi connectivity index (χ1) is 10.2. The summed E-state index contributed by atoms with van der Waals surface area (Å²) in [6, 6.07) is 7.83. The van der Waals surface area contributed by atoms with Crippen LogP contribution in [0.1, 0.15) is 12.5 Å². The van der Waals surface area contributed by atoms with Crippen molar-refractivity contribution in [1.82, 2.24) is 15.0 Å². The first-order valence-corrected chi connectivity index (χ1v) is 7.00. The number of methoxy groups -OCH3 is 1. The number of nitrogens with zero attached hydrogens (tertiary/aromatic N) is 3. The van der Waals surface area contributed by atoms with E-state index in [9.17, 15) is 0 Å². The van der Waals surface area contributed by atoms with Crippen LogP contribution in [-0.2, 0) is 11.2 Å². The summed E-state index contributed by atoms with van der Waals surface area (Å²) in [6.45, 7) is 3.32. The molecule has 0 bridgehead atoms. The number of anilines is 1. The van der Waals surface area contributed by atoms with Crippen molar-refractivity contribution in [2.24, 2.45) is 0 Å². The summed E-state index contributed by atoms with van der Waals surface area (Å²) in [5.41, 5.74) is 1.17. The molecular weight excluding hydrogens is 292 g/mol. The Morgan fingerprint density at radius 2 is 1.90 bits per heavy atom. The maximum Gasteiger partial charge on any atom is 0.328 e. The first-order valence-electron chi connectivity index (χ1n) is 6.62. The highest BCUT2D eigenvalue weighted by Crippen LogP contribution is 2.20. The van der Waals surface area contributed by atoms with Crippen LogP contribution in [0.4, 0.5) is 5.95 Å². The van der Waals surface area contributed by atoms with E-state index < -0.39 is 0 Å². The molecule has 0 aliphatic heterocycles. The fraction of sp³-hybridized carbons (Fsp3) is 0.357. The topological polar surface area (TPSA) is 69.2 Å². The number of benzene rings is 1. The molecule has 7 heteroatoms. The van der Waals surface area contributed by atoms with Crippen molar-refractivity contribution in [3.05, 3.63) is 35.1 Å². The Morgan fingerprint density at radius 3 is 2.57 bits per heavy atom. The van der Waals surface area contributed by atoms with Crippen molar-refractivity contribution in [3.63, 3.8) is 0 Å². The molecule has 0 aliphatic rings. The number of aromatic nitrogens is 3. The lowest BCUT2D eigenvalue weighted by molar-refractivity contribution is 0.202. The summed E-state index contributed by atoms with van der Waals surface area (Å²) in [5, 5.41) is 3.06. The Bertz CT molecular complexity index is 578. The summed E-state index contributed by atoms with van der Waals surface area (Å²) < 4.78 is 10.6. The Hall–Kier alpha value is -1.92. The van der Waals surface area contributed by atoms with Crippen molar-refractivity contribution < 1.29 is 9.47 Å². The number of halogens is 1. The van der Waals surface area contributed by atoms with Gasteiger partial charge in [-0.3, -0.25) is 0 Å². The van der Waals surface area contributed by atoms with Crippen molar-refractivity contribution in [2.75, 3.05) is 25.6 Å². The predicted octanol–water partition coefficient (Wildman–Crippen LogP) is 2.94. The molecule has 1 heterocycles. The van der Waals surface area contributed by atoms with E-state index in [4.69, 9.17) is 21.1 Å². The molecule has 0 spiro atoms. The maximum absolute atomic E-state index is 5.84. The molecule has 1 N–H and O–H groups in total. The minimum Gasteiger partial charge on any atom is -0.424 e. The lowest BCUT2D eigenvalue weighted by atomic mass is 10.1. The van der Waals surface area contributed by atoms with Crippen LogP contribution >= 0.6 is 11.6 Å². The molecule has 0 unspecified atom stereocenters. The SMILES string of the molecule is CCNc1nc(Cl)nc(Oc2ccc(CCOC)cc2)n1. The summed E-state index contributed by atoms with van der Waals surface area (Å²) >= 11 is 5.84. The number of rotatable bonds is 7. The zero-order valence-electron chi connectivity index (χ0n) is 12.0. The molecule has 6 nitrogen and oxygen atoms in total. The van der Waals surface area contributed by atoms with Crippen LogP contribution in [-0.4, -0.2) is 35.2 Å². The van der Waals surface area contributed by atoms with Gasteiger partial charge in [0.2, 0.25) is 11.2 Å². The molecule has 1 aromatic carbocycles. The Balaban J connectivity index is 2.07. The third kappa shape index (κ3) is 4.84. The fourth-order valence-corrected chi connectivity index (χ4v) is 1.82. The molecule has 0 saturated carbocycles. The zero-order chi connectivity index (χ0) is 15.1. The van der Waals surface area contributed by atoms with Gasteiger partial charge in [0, 0.05) is 13.7 Å². The Kier molecular flexibility index (Phi) is 5.71. The van der Waals surface area contributed by atoms with E-state index in [0.717, 1.165) is 6.42 Å². The highest BCUT2D eigenvalue weighted by atomic mass is 35.5. The Morgan fingerprint density at radius 1 is 1.14 bits per heavy atom. The average molecular weight is 309 g/mol. The van der Waals surface area contributed by atoms with Gasteiger partial charge in [0.1, 0.15) is 5.75 Å². The van der Waals surface area contributed by atoms with Gasteiger partial charge in [0.15, 0.2) is 0 Å². The molecule has 21 heavy (non-hydrogen) atoms. The molecule has 2 aromatic rings. The molecule has 0 fully saturated rings. The van der Waals surface area contributed by atoms with Crippen molar-refractivity contribution in [3.8, 4) is 11.8 Å². The molecule has 0 saturated heterocycles. The third-order valence-corrected chi connectivity index (χ3v) is 2.82. The summed E-state index contributed by atoms with van der Waals surface area (Å²) in [7, 11) is 1.68. The van der Waals surface area contributed by atoms with Gasteiger partial charge < -0.3 is 14.8 Å². The second kappa shape index (κ2) is 7.75. The van der Waals surface area contributed by atoms with Gasteiger partial charge in [-0.25, -0.2) is 0 Å². The molecule has 2 rings (SSSR count). The Labute approximate surface area is 128 Å². The normalized spacial score (nSPS) is 10.4. The lowest BCUT2D eigenvalue weighted by Crippen LogP contribution is -2.04. The van der Waals surface area contributed by atoms with Gasteiger partial charge in [0.25, 0.3) is 0 Å². The van der Waals surface area contributed by atoms with E-state index >= 15 is 0 Å². The maximum atomic E-state index is 5.84. The van der Waals surface area contributed by atoms with E-state index in [2.05, 4.69) is 20.3 Å². The van der Waals surface area contributed by atoms with Crippen LogP contribution in [0.25, 0.3) is 0 Å². The smallest absolute Gasteiger partial charge is 0.328 e. The standard InChI is InChI=1S/C14H17ClN4O2/c1-3-16-13-17-12(15)18-14(19-13)21-11-6-4-10(5-7-11)8-9-20-2/h4-7H,3,8-9H2,1-2H3,(H,16,17,18,19). The van der Waals surface area contributed by atoms with Crippen LogP contribution < -0.4 is 10.1 Å². The zero-order valence-corrected chi connectivity index (χ0v) is 12.7. The van der Waals surface area contributed by atoms with Crippen LogP contribution in [0.2, 0.25) is 5.28 Å². The van der Waals surface area contributed by atoms with Crippen molar-refractivity contribution >= 4 is 17.5 Å². The molecule has 1 aromatic heterocycles. The van der Waals surface area contributed by atoms with Gasteiger partial charge in [0.05, 0.1) is 6.61 Å². The van der Waals surface area contributed by atoms with Gasteiger partial charge >= 0.3 is 6.01 Å². The number of hydrogen-bond acceptors (Lipinski definition) is 6. The van der Waals surface area contributed by atoms with E-state index in [1.165, 1.54) is 5.56 Å². The van der Waals surface area contributed by atoms with Crippen LogP contribution in [0.15, 0.2) is 24.3 Å². The highest BCUT2D eigenvalue weighted by Gasteiger charge is 2.06. The molecular formula is C14H17ClN4O2. The minimum absolute atomic E-state index is 0.0904. The van der Waals surface area contributed by atoms with Crippen molar-refractivity contribution in [2.45, 2.75) is 13.3 Å². The van der Waals surface area contributed by atoms with Gasteiger partial charge in [-0.15, -0.1) is 0 Å². The van der Waals surface area contributed by atoms with Gasteiger partial charge in [-0.2, -0.15) is 15.0 Å². The van der Waals surface area contributed by atoms with E-state index in [-0.39, 0.29) is 11.3 Å². The number of nitrogens with one attached hydrogen (secondary N) is 1. The summed E-state index contributed by atoms with van der Waals surface area (Å²) in [4.78, 5) is 12.0. The predicted molar refractivity (Wildman–Crippen MR) is 81.1 cm³/mol. The largest absolute Gasteiger partial charge is 0.424 e. The van der Waals surface area contributed by atoms with Gasteiger partial charge in [-0.05, 0) is 42.6 Å². The van der Waals surface area contributed by atoms with Crippen LogP contribution in [0.5, 0.6) is 11.8 Å². The molecule has 0 radical (unpaired) electrons. The van der Waals surface area contributed by atoms with E-state index in [1.54, 1.807) is 7.11 Å². The van der Waals surface area contributed by atoms with E-state index in [0.29, 0.717) is 24.8 Å². The molecule has 0 aliphatic carbocycles. The lowest BCUT2D eigenvalue weighted by Gasteiger charge is -2.07. The molecule has 112 valence electrons. The molecule has 0 amide bonds. The number of ether oxygens (including phenoxy) is 2. The van der Waals surface area contributed by atoms with Crippen LogP contribution in [0, 0.1) is 0 Å². The third-order valence-electron chi connectivity index (χ3n) is 2.65. The number of hydrogen-bond donors (Lipinski definition) is 1.